The Kier molecular flexibility index (Phi) is 7.56. The largest absolute Gasteiger partial charge is 0.497 e. The summed E-state index contributed by atoms with van der Waals surface area (Å²) in [4.78, 5) is 14.4. The Morgan fingerprint density at radius 2 is 1.90 bits per heavy atom. The zero-order valence-electron chi connectivity index (χ0n) is 17.0. The number of carbonyl (C=O) groups excluding carboxylic acids is 1. The minimum Gasteiger partial charge on any atom is -0.497 e. The van der Waals surface area contributed by atoms with Crippen molar-refractivity contribution in [2.24, 2.45) is 0 Å². The number of nitrogen functional groups attached to an aromatic ring is 1. The molecule has 3 rings (SSSR count). The fourth-order valence-electron chi connectivity index (χ4n) is 2.74. The van der Waals surface area contributed by atoms with Crippen LogP contribution in [0.25, 0.3) is 0 Å². The van der Waals surface area contributed by atoms with Crippen LogP contribution in [0, 0.1) is 0 Å². The second-order valence-electron chi connectivity index (χ2n) is 6.42. The number of amides is 1. The number of nitrogens with zero attached hydrogens (tertiary/aromatic N) is 4. The lowest BCUT2D eigenvalue weighted by Crippen LogP contribution is -2.31. The summed E-state index contributed by atoms with van der Waals surface area (Å²) in [6.07, 6.45) is 0. The van der Waals surface area contributed by atoms with Crippen LogP contribution in [-0.4, -0.2) is 45.1 Å². The van der Waals surface area contributed by atoms with Gasteiger partial charge in [0.1, 0.15) is 18.1 Å². The number of hydrogen-bond donors (Lipinski definition) is 1. The Balaban J connectivity index is 1.54. The fourth-order valence-corrected chi connectivity index (χ4v) is 3.52. The van der Waals surface area contributed by atoms with Crippen molar-refractivity contribution in [1.29, 1.82) is 0 Å². The lowest BCUT2D eigenvalue weighted by Gasteiger charge is -2.20. The molecule has 0 unspecified atom stereocenters. The van der Waals surface area contributed by atoms with Crippen molar-refractivity contribution in [2.75, 3.05) is 25.3 Å². The zero-order valence-corrected chi connectivity index (χ0v) is 17.8. The molecular weight excluding hydrogens is 402 g/mol. The number of rotatable bonds is 10. The van der Waals surface area contributed by atoms with Gasteiger partial charge in [-0.1, -0.05) is 48.2 Å². The smallest absolute Gasteiger partial charge is 0.233 e. The van der Waals surface area contributed by atoms with Crippen LogP contribution in [0.1, 0.15) is 18.3 Å². The molecule has 158 valence electrons. The van der Waals surface area contributed by atoms with Crippen LogP contribution in [0.5, 0.6) is 11.5 Å². The number of benzene rings is 2. The van der Waals surface area contributed by atoms with Crippen molar-refractivity contribution >= 4 is 17.7 Å². The van der Waals surface area contributed by atoms with Crippen LogP contribution >= 0.6 is 11.8 Å². The molecule has 0 aliphatic heterocycles. The molecule has 9 heteroatoms. The topological polar surface area (TPSA) is 95.5 Å². The summed E-state index contributed by atoms with van der Waals surface area (Å²) in [5, 5.41) is 8.61. The normalized spacial score (nSPS) is 10.6. The van der Waals surface area contributed by atoms with Gasteiger partial charge in [-0.05, 0) is 24.6 Å². The summed E-state index contributed by atoms with van der Waals surface area (Å²) in [6.45, 7) is 3.32. The van der Waals surface area contributed by atoms with E-state index in [0.29, 0.717) is 35.6 Å². The lowest BCUT2D eigenvalue weighted by molar-refractivity contribution is -0.128. The van der Waals surface area contributed by atoms with Crippen molar-refractivity contribution in [3.8, 4) is 11.5 Å². The third-order valence-corrected chi connectivity index (χ3v) is 5.35. The maximum Gasteiger partial charge on any atom is 0.233 e. The summed E-state index contributed by atoms with van der Waals surface area (Å²) >= 11 is 1.26. The Morgan fingerprint density at radius 3 is 2.63 bits per heavy atom. The van der Waals surface area contributed by atoms with E-state index in [1.807, 2.05) is 55.5 Å². The van der Waals surface area contributed by atoms with Gasteiger partial charge in [-0.15, -0.1) is 10.2 Å². The minimum atomic E-state index is 0.0172. The van der Waals surface area contributed by atoms with Crippen LogP contribution in [0.3, 0.4) is 0 Å². The minimum absolute atomic E-state index is 0.0172. The van der Waals surface area contributed by atoms with Crippen LogP contribution in [0.4, 0.5) is 0 Å². The Labute approximate surface area is 180 Å². The summed E-state index contributed by atoms with van der Waals surface area (Å²) in [7, 11) is 1.60. The van der Waals surface area contributed by atoms with E-state index >= 15 is 0 Å². The van der Waals surface area contributed by atoms with E-state index in [9.17, 15) is 4.79 Å². The molecule has 0 radical (unpaired) electrons. The summed E-state index contributed by atoms with van der Waals surface area (Å²) in [5.74, 6) is 8.13. The van der Waals surface area contributed by atoms with Crippen molar-refractivity contribution in [2.45, 2.75) is 25.2 Å². The molecule has 0 saturated heterocycles. The number of thioether (sulfide) groups is 1. The van der Waals surface area contributed by atoms with E-state index in [1.165, 1.54) is 16.4 Å². The second kappa shape index (κ2) is 10.5. The van der Waals surface area contributed by atoms with E-state index in [2.05, 4.69) is 10.2 Å². The van der Waals surface area contributed by atoms with Gasteiger partial charge in [-0.2, -0.15) is 0 Å². The maximum atomic E-state index is 12.6. The Hall–Kier alpha value is -3.20. The van der Waals surface area contributed by atoms with Gasteiger partial charge >= 0.3 is 0 Å². The zero-order chi connectivity index (χ0) is 21.3. The first-order chi connectivity index (χ1) is 14.6. The van der Waals surface area contributed by atoms with Crippen molar-refractivity contribution in [3.63, 3.8) is 0 Å². The predicted octanol–water partition coefficient (Wildman–Crippen LogP) is 2.72. The van der Waals surface area contributed by atoms with E-state index in [1.54, 1.807) is 18.1 Å². The summed E-state index contributed by atoms with van der Waals surface area (Å²) in [6, 6.07) is 17.2. The van der Waals surface area contributed by atoms with Crippen LogP contribution in [0.2, 0.25) is 0 Å². The van der Waals surface area contributed by atoms with Gasteiger partial charge in [-0.25, -0.2) is 4.68 Å². The highest BCUT2D eigenvalue weighted by Crippen LogP contribution is 2.21. The van der Waals surface area contributed by atoms with Gasteiger partial charge in [0.15, 0.2) is 5.82 Å². The number of hydrogen-bond acceptors (Lipinski definition) is 7. The molecule has 3 aromatic rings. The standard InChI is InChI=1S/C21H25N5O3S/c1-3-25(13-16-8-5-4-6-9-16)20(27)15-30-21-24-23-19(26(21)22)14-29-18-11-7-10-17(12-18)28-2/h4-12H,3,13-15,22H2,1-2H3. The van der Waals surface area contributed by atoms with Gasteiger partial charge in [0.05, 0.1) is 12.9 Å². The summed E-state index contributed by atoms with van der Waals surface area (Å²) in [5.41, 5.74) is 1.09. The first-order valence-corrected chi connectivity index (χ1v) is 10.5. The molecule has 1 heterocycles. The van der Waals surface area contributed by atoms with Gasteiger partial charge in [0.25, 0.3) is 0 Å². The molecule has 0 bridgehead atoms. The SMILES string of the molecule is CCN(Cc1ccccc1)C(=O)CSc1nnc(COc2cccc(OC)c2)n1N. The summed E-state index contributed by atoms with van der Waals surface area (Å²) < 4.78 is 12.2. The monoisotopic (exact) mass is 427 g/mol. The van der Waals surface area contributed by atoms with Crippen LogP contribution in [-0.2, 0) is 17.9 Å². The number of carbonyl (C=O) groups is 1. The highest BCUT2D eigenvalue weighted by molar-refractivity contribution is 7.99. The average molecular weight is 428 g/mol. The molecule has 30 heavy (non-hydrogen) atoms. The van der Waals surface area contributed by atoms with E-state index in [0.717, 1.165) is 5.56 Å². The van der Waals surface area contributed by atoms with Crippen molar-refractivity contribution in [3.05, 3.63) is 66.0 Å². The number of methoxy groups -OCH3 is 1. The average Bonchev–Trinajstić information content (AvgIpc) is 3.14. The molecule has 1 amide bonds. The molecule has 0 fully saturated rings. The molecule has 0 aliphatic carbocycles. The highest BCUT2D eigenvalue weighted by atomic mass is 32.2. The lowest BCUT2D eigenvalue weighted by atomic mass is 10.2. The number of ether oxygens (including phenoxy) is 2. The number of aromatic nitrogens is 3. The molecule has 0 spiro atoms. The Bertz CT molecular complexity index is 964. The van der Waals surface area contributed by atoms with Crippen LogP contribution in [0.15, 0.2) is 59.8 Å². The molecule has 0 aliphatic rings. The highest BCUT2D eigenvalue weighted by Gasteiger charge is 2.16. The first-order valence-electron chi connectivity index (χ1n) is 9.51. The van der Waals surface area contributed by atoms with E-state index in [-0.39, 0.29) is 18.3 Å². The van der Waals surface area contributed by atoms with Crippen LogP contribution < -0.4 is 15.3 Å². The van der Waals surface area contributed by atoms with Gasteiger partial charge in [-0.3, -0.25) is 4.79 Å². The molecular formula is C21H25N5O3S. The maximum absolute atomic E-state index is 12.6. The van der Waals surface area contributed by atoms with E-state index in [4.69, 9.17) is 15.3 Å². The van der Waals surface area contributed by atoms with Crippen molar-refractivity contribution < 1.29 is 14.3 Å². The van der Waals surface area contributed by atoms with Gasteiger partial charge in [0, 0.05) is 19.2 Å². The molecule has 0 atom stereocenters. The molecule has 2 N–H and O–H groups in total. The molecule has 0 saturated carbocycles. The predicted molar refractivity (Wildman–Crippen MR) is 116 cm³/mol. The molecule has 2 aromatic carbocycles. The third-order valence-electron chi connectivity index (χ3n) is 4.42. The quantitative estimate of drug-likeness (QED) is 0.393. The number of nitrogens with two attached hydrogens (primary N) is 1. The van der Waals surface area contributed by atoms with Gasteiger partial charge < -0.3 is 20.2 Å². The second-order valence-corrected chi connectivity index (χ2v) is 7.36. The third kappa shape index (κ3) is 5.66. The fraction of sp³-hybridized carbons (Fsp3) is 0.286. The van der Waals surface area contributed by atoms with E-state index < -0.39 is 0 Å². The molecule has 1 aromatic heterocycles. The van der Waals surface area contributed by atoms with Crippen molar-refractivity contribution in [1.82, 2.24) is 19.8 Å². The molecule has 8 nitrogen and oxygen atoms in total. The Morgan fingerprint density at radius 1 is 1.13 bits per heavy atom. The van der Waals surface area contributed by atoms with Gasteiger partial charge in [0.2, 0.25) is 11.1 Å². The first kappa shape index (κ1) is 21.5.